The molecule has 0 atom stereocenters. The Bertz CT molecular complexity index is 1330. The Morgan fingerprint density at radius 2 is 1.19 bits per heavy atom. The predicted octanol–water partition coefficient (Wildman–Crippen LogP) is 7.35. The van der Waals surface area contributed by atoms with Crippen molar-refractivity contribution < 1.29 is 0 Å². The summed E-state index contributed by atoms with van der Waals surface area (Å²) < 4.78 is 0.837. The summed E-state index contributed by atoms with van der Waals surface area (Å²) in [4.78, 5) is 18.8. The van der Waals surface area contributed by atoms with Gasteiger partial charge in [0, 0.05) is 21.8 Å². The average Bonchev–Trinajstić information content (AvgIpc) is 2.86. The Balaban J connectivity index is 1.67. The first kappa shape index (κ1) is 20.5. The largest absolute Gasteiger partial charge is 0.253 e. The molecule has 32 heavy (non-hydrogen) atoms. The van der Waals surface area contributed by atoms with Gasteiger partial charge in [-0.25, -0.2) is 15.0 Å². The van der Waals surface area contributed by atoms with Crippen molar-refractivity contribution in [3.05, 3.63) is 107 Å². The molecule has 2 aromatic heterocycles. The lowest BCUT2D eigenvalue weighted by Gasteiger charge is -2.10. The molecule has 0 amide bonds. The van der Waals surface area contributed by atoms with Gasteiger partial charge in [0.15, 0.2) is 17.5 Å². The lowest BCUT2D eigenvalue weighted by Crippen LogP contribution is -2.01. The van der Waals surface area contributed by atoms with Gasteiger partial charge in [-0.1, -0.05) is 84.4 Å². The normalized spacial score (nSPS) is 10.8. The first-order chi connectivity index (χ1) is 15.7. The zero-order valence-electron chi connectivity index (χ0n) is 16.8. The molecule has 0 saturated heterocycles. The van der Waals surface area contributed by atoms with E-state index in [2.05, 4.69) is 20.9 Å². The highest BCUT2D eigenvalue weighted by molar-refractivity contribution is 9.10. The lowest BCUT2D eigenvalue weighted by molar-refractivity contribution is 1.06. The van der Waals surface area contributed by atoms with Crippen molar-refractivity contribution in [2.75, 3.05) is 0 Å². The maximum Gasteiger partial charge on any atom is 0.182 e. The van der Waals surface area contributed by atoms with Crippen LogP contribution in [0.4, 0.5) is 0 Å². The van der Waals surface area contributed by atoms with Gasteiger partial charge in [-0.15, -0.1) is 0 Å². The minimum absolute atomic E-state index is 0.512. The number of benzene rings is 3. The monoisotopic (exact) mass is 498 g/mol. The van der Waals surface area contributed by atoms with Crippen LogP contribution in [-0.4, -0.2) is 19.9 Å². The van der Waals surface area contributed by atoms with Crippen LogP contribution in [0, 0.1) is 0 Å². The van der Waals surface area contributed by atoms with E-state index in [0.29, 0.717) is 28.2 Å². The van der Waals surface area contributed by atoms with E-state index >= 15 is 0 Å². The van der Waals surface area contributed by atoms with Crippen LogP contribution >= 0.6 is 27.5 Å². The summed E-state index contributed by atoms with van der Waals surface area (Å²) in [5.41, 5.74) is 4.43. The first-order valence-corrected chi connectivity index (χ1v) is 11.1. The van der Waals surface area contributed by atoms with E-state index in [1.54, 1.807) is 6.20 Å². The average molecular weight is 500 g/mol. The molecule has 5 aromatic rings. The molecule has 0 spiro atoms. The van der Waals surface area contributed by atoms with Crippen molar-refractivity contribution in [3.8, 4) is 45.4 Å². The quantitative estimate of drug-likeness (QED) is 0.259. The number of hydrogen-bond donors (Lipinski definition) is 0. The number of hydrogen-bond acceptors (Lipinski definition) is 4. The van der Waals surface area contributed by atoms with Gasteiger partial charge in [0.05, 0.1) is 5.02 Å². The van der Waals surface area contributed by atoms with Crippen LogP contribution in [0.5, 0.6) is 0 Å². The molecule has 154 valence electrons. The van der Waals surface area contributed by atoms with E-state index in [-0.39, 0.29) is 0 Å². The minimum Gasteiger partial charge on any atom is -0.253 e. The standard InChI is InChI=1S/C26H16BrClN4/c27-23-20(12-7-13-21(23)28)19-14-15-29-22(16-19)26-31-24(17-8-3-1-4-9-17)30-25(32-26)18-10-5-2-6-11-18/h1-16H. The molecule has 4 nitrogen and oxygen atoms in total. The zero-order valence-corrected chi connectivity index (χ0v) is 19.1. The SMILES string of the molecule is Clc1cccc(-c2ccnc(-c3nc(-c4ccccc4)nc(-c4ccccc4)n3)c2)c1Br. The number of rotatable bonds is 4. The van der Waals surface area contributed by atoms with Crippen LogP contribution in [0.25, 0.3) is 45.4 Å². The molecule has 0 radical (unpaired) electrons. The van der Waals surface area contributed by atoms with Gasteiger partial charge in [0.2, 0.25) is 0 Å². The maximum atomic E-state index is 6.30. The van der Waals surface area contributed by atoms with Crippen LogP contribution in [0.1, 0.15) is 0 Å². The molecule has 5 rings (SSSR count). The van der Waals surface area contributed by atoms with E-state index in [9.17, 15) is 0 Å². The number of aromatic nitrogens is 4. The molecule has 0 aliphatic heterocycles. The van der Waals surface area contributed by atoms with Gasteiger partial charge in [-0.05, 0) is 45.3 Å². The maximum absolute atomic E-state index is 6.30. The van der Waals surface area contributed by atoms with Gasteiger partial charge in [-0.3, -0.25) is 4.98 Å². The summed E-state index contributed by atoms with van der Waals surface area (Å²) in [5, 5.41) is 0.652. The molecule has 0 N–H and O–H groups in total. The summed E-state index contributed by atoms with van der Waals surface area (Å²) in [5.74, 6) is 1.72. The Kier molecular flexibility index (Phi) is 5.75. The fourth-order valence-corrected chi connectivity index (χ4v) is 4.04. The van der Waals surface area contributed by atoms with Gasteiger partial charge >= 0.3 is 0 Å². The number of pyridine rings is 1. The van der Waals surface area contributed by atoms with Gasteiger partial charge in [0.25, 0.3) is 0 Å². The van der Waals surface area contributed by atoms with Crippen LogP contribution in [0.15, 0.2) is 102 Å². The molecule has 3 aromatic carbocycles. The van der Waals surface area contributed by atoms with E-state index in [0.717, 1.165) is 26.7 Å². The van der Waals surface area contributed by atoms with E-state index in [4.69, 9.17) is 26.6 Å². The molecule has 0 fully saturated rings. The Morgan fingerprint density at radius 3 is 1.81 bits per heavy atom. The molecule has 0 saturated carbocycles. The fraction of sp³-hybridized carbons (Fsp3) is 0. The number of halogens is 2. The smallest absolute Gasteiger partial charge is 0.182 e. The van der Waals surface area contributed by atoms with Crippen molar-refractivity contribution in [2.45, 2.75) is 0 Å². The molecular formula is C26H16BrClN4. The zero-order chi connectivity index (χ0) is 21.9. The highest BCUT2D eigenvalue weighted by atomic mass is 79.9. The van der Waals surface area contributed by atoms with Gasteiger partial charge < -0.3 is 0 Å². The third kappa shape index (κ3) is 4.17. The molecule has 2 heterocycles. The Hall–Kier alpha value is -3.41. The summed E-state index contributed by atoms with van der Waals surface area (Å²) in [6.07, 6.45) is 1.76. The van der Waals surface area contributed by atoms with Crippen molar-refractivity contribution in [2.24, 2.45) is 0 Å². The number of nitrogens with zero attached hydrogens (tertiary/aromatic N) is 4. The van der Waals surface area contributed by atoms with Crippen molar-refractivity contribution in [1.29, 1.82) is 0 Å². The van der Waals surface area contributed by atoms with E-state index in [1.165, 1.54) is 0 Å². The van der Waals surface area contributed by atoms with Crippen LogP contribution in [0.2, 0.25) is 5.02 Å². The van der Waals surface area contributed by atoms with Crippen LogP contribution in [0.3, 0.4) is 0 Å². The lowest BCUT2D eigenvalue weighted by atomic mass is 10.1. The van der Waals surface area contributed by atoms with Crippen LogP contribution < -0.4 is 0 Å². The topological polar surface area (TPSA) is 51.6 Å². The molecule has 0 bridgehead atoms. The second-order valence-electron chi connectivity index (χ2n) is 7.07. The summed E-state index contributed by atoms with van der Waals surface area (Å²) >= 11 is 9.89. The van der Waals surface area contributed by atoms with E-state index < -0.39 is 0 Å². The van der Waals surface area contributed by atoms with Crippen molar-refractivity contribution in [1.82, 2.24) is 19.9 Å². The van der Waals surface area contributed by atoms with Gasteiger partial charge in [0.1, 0.15) is 5.69 Å². The molecule has 0 aliphatic rings. The van der Waals surface area contributed by atoms with Gasteiger partial charge in [-0.2, -0.15) is 0 Å². The highest BCUT2D eigenvalue weighted by Crippen LogP contribution is 2.35. The van der Waals surface area contributed by atoms with Crippen LogP contribution in [-0.2, 0) is 0 Å². The fourth-order valence-electron chi connectivity index (χ4n) is 3.37. The third-order valence-electron chi connectivity index (χ3n) is 4.95. The van der Waals surface area contributed by atoms with Crippen molar-refractivity contribution >= 4 is 27.5 Å². The van der Waals surface area contributed by atoms with E-state index in [1.807, 2.05) is 91.0 Å². The van der Waals surface area contributed by atoms with Crippen molar-refractivity contribution in [3.63, 3.8) is 0 Å². The second-order valence-corrected chi connectivity index (χ2v) is 8.27. The highest BCUT2D eigenvalue weighted by Gasteiger charge is 2.14. The summed E-state index contributed by atoms with van der Waals surface area (Å²) in [7, 11) is 0. The molecule has 6 heteroatoms. The predicted molar refractivity (Wildman–Crippen MR) is 132 cm³/mol. The Morgan fingerprint density at radius 1 is 0.594 bits per heavy atom. The second kappa shape index (κ2) is 8.99. The molecule has 0 aliphatic carbocycles. The summed E-state index contributed by atoms with van der Waals surface area (Å²) in [6.45, 7) is 0. The molecular weight excluding hydrogens is 484 g/mol. The first-order valence-electron chi connectivity index (χ1n) is 9.97. The third-order valence-corrected chi connectivity index (χ3v) is 6.35. The Labute approximate surface area is 199 Å². The molecule has 0 unspecified atom stereocenters. The minimum atomic E-state index is 0.512. The summed E-state index contributed by atoms with van der Waals surface area (Å²) in [6, 6.07) is 29.5.